The molecule has 3 aromatic rings. The molecule has 1 aliphatic rings. The molecule has 2 aromatic heterocycles. The van der Waals surface area contributed by atoms with Crippen LogP contribution in [-0.2, 0) is 6.18 Å². The Kier molecular flexibility index (Phi) is 4.55. The van der Waals surface area contributed by atoms with Gasteiger partial charge in [0.2, 0.25) is 0 Å². The molecule has 0 amide bonds. The normalized spacial score (nSPS) is 17.9. The zero-order valence-corrected chi connectivity index (χ0v) is 14.5. The highest BCUT2D eigenvalue weighted by Gasteiger charge is 2.31. The lowest BCUT2D eigenvalue weighted by atomic mass is 9.94. The Labute approximate surface area is 154 Å². The van der Waals surface area contributed by atoms with Crippen LogP contribution in [0.4, 0.5) is 19.0 Å². The molecular formula is C19H18F3N5. The molecule has 0 unspecified atom stereocenters. The second kappa shape index (κ2) is 7.02. The largest absolute Gasteiger partial charge is 0.416 e. The first-order valence-corrected chi connectivity index (χ1v) is 8.76. The van der Waals surface area contributed by atoms with Crippen LogP contribution in [0, 0.1) is 0 Å². The monoisotopic (exact) mass is 373 g/mol. The second-order valence-corrected chi connectivity index (χ2v) is 6.53. The van der Waals surface area contributed by atoms with Gasteiger partial charge in [-0.05, 0) is 37.0 Å². The SMILES string of the molecule is FC(F)(F)c1ccc([C@H]2CCCCN2c2cc(-n3ccnc3)ncn2)cc1. The minimum atomic E-state index is -4.32. The first-order valence-electron chi connectivity index (χ1n) is 8.76. The third kappa shape index (κ3) is 3.65. The van der Waals surface area contributed by atoms with Crippen molar-refractivity contribution in [1.29, 1.82) is 0 Å². The van der Waals surface area contributed by atoms with Gasteiger partial charge in [0.15, 0.2) is 0 Å². The molecular weight excluding hydrogens is 355 g/mol. The zero-order chi connectivity index (χ0) is 18.9. The summed E-state index contributed by atoms with van der Waals surface area (Å²) in [5.74, 6) is 1.47. The maximum absolute atomic E-state index is 12.8. The van der Waals surface area contributed by atoms with E-state index in [0.717, 1.165) is 49.3 Å². The molecule has 5 nitrogen and oxygen atoms in total. The van der Waals surface area contributed by atoms with E-state index in [1.54, 1.807) is 35.4 Å². The number of hydrogen-bond donors (Lipinski definition) is 0. The van der Waals surface area contributed by atoms with E-state index in [1.165, 1.54) is 6.33 Å². The molecule has 4 rings (SSSR count). The molecule has 1 atom stereocenters. The topological polar surface area (TPSA) is 46.8 Å². The Morgan fingerprint density at radius 2 is 1.78 bits per heavy atom. The van der Waals surface area contributed by atoms with Gasteiger partial charge in [-0.3, -0.25) is 4.57 Å². The second-order valence-electron chi connectivity index (χ2n) is 6.53. The average molecular weight is 373 g/mol. The summed E-state index contributed by atoms with van der Waals surface area (Å²) in [5, 5.41) is 0. The van der Waals surface area contributed by atoms with Crippen LogP contribution in [0.1, 0.15) is 36.4 Å². The van der Waals surface area contributed by atoms with Crippen LogP contribution >= 0.6 is 0 Å². The van der Waals surface area contributed by atoms with Gasteiger partial charge in [-0.2, -0.15) is 13.2 Å². The molecule has 0 radical (unpaired) electrons. The molecule has 0 spiro atoms. The number of rotatable bonds is 3. The van der Waals surface area contributed by atoms with Gasteiger partial charge < -0.3 is 4.90 Å². The molecule has 1 saturated heterocycles. The van der Waals surface area contributed by atoms with Gasteiger partial charge in [0, 0.05) is 25.0 Å². The van der Waals surface area contributed by atoms with Crippen molar-refractivity contribution in [3.8, 4) is 5.82 Å². The lowest BCUT2D eigenvalue weighted by molar-refractivity contribution is -0.137. The number of aromatic nitrogens is 4. The summed E-state index contributed by atoms with van der Waals surface area (Å²) in [4.78, 5) is 14.9. The molecule has 0 aliphatic carbocycles. The van der Waals surface area contributed by atoms with Gasteiger partial charge >= 0.3 is 6.18 Å². The Hall–Kier alpha value is -2.90. The highest BCUT2D eigenvalue weighted by atomic mass is 19.4. The van der Waals surface area contributed by atoms with Crippen LogP contribution in [0.2, 0.25) is 0 Å². The first kappa shape index (κ1) is 17.5. The highest BCUT2D eigenvalue weighted by molar-refractivity contribution is 5.47. The van der Waals surface area contributed by atoms with Crippen LogP contribution in [0.15, 0.2) is 55.4 Å². The van der Waals surface area contributed by atoms with Crippen molar-refractivity contribution in [1.82, 2.24) is 19.5 Å². The lowest BCUT2D eigenvalue weighted by Gasteiger charge is -2.37. The van der Waals surface area contributed by atoms with Gasteiger partial charge in [-0.25, -0.2) is 15.0 Å². The Morgan fingerprint density at radius 3 is 2.48 bits per heavy atom. The summed E-state index contributed by atoms with van der Waals surface area (Å²) >= 11 is 0. The maximum atomic E-state index is 12.8. The number of nitrogens with zero attached hydrogens (tertiary/aromatic N) is 5. The predicted octanol–water partition coefficient (Wildman–Crippen LogP) is 4.41. The van der Waals surface area contributed by atoms with Gasteiger partial charge in [0.1, 0.15) is 24.3 Å². The van der Waals surface area contributed by atoms with E-state index < -0.39 is 11.7 Å². The molecule has 1 aromatic carbocycles. The number of piperidine rings is 1. The van der Waals surface area contributed by atoms with E-state index >= 15 is 0 Å². The van der Waals surface area contributed by atoms with Crippen molar-refractivity contribution >= 4 is 5.82 Å². The molecule has 140 valence electrons. The fraction of sp³-hybridized carbons (Fsp3) is 0.316. The molecule has 3 heterocycles. The number of hydrogen-bond acceptors (Lipinski definition) is 4. The summed E-state index contributed by atoms with van der Waals surface area (Å²) in [7, 11) is 0. The minimum Gasteiger partial charge on any atom is -0.349 e. The summed E-state index contributed by atoms with van der Waals surface area (Å²) in [6.07, 6.45) is 5.23. The lowest BCUT2D eigenvalue weighted by Crippen LogP contribution is -2.34. The molecule has 27 heavy (non-hydrogen) atoms. The van der Waals surface area contributed by atoms with Crippen LogP contribution < -0.4 is 4.90 Å². The van der Waals surface area contributed by atoms with Crippen molar-refractivity contribution in [2.45, 2.75) is 31.5 Å². The summed E-state index contributed by atoms with van der Waals surface area (Å²) < 4.78 is 40.3. The number of anilines is 1. The van der Waals surface area contributed by atoms with Crippen LogP contribution in [0.25, 0.3) is 5.82 Å². The molecule has 0 saturated carbocycles. The van der Waals surface area contributed by atoms with Crippen molar-refractivity contribution in [3.05, 3.63) is 66.5 Å². The van der Waals surface area contributed by atoms with Crippen LogP contribution in [-0.4, -0.2) is 26.1 Å². The summed E-state index contributed by atoms with van der Waals surface area (Å²) in [6.45, 7) is 0.798. The fourth-order valence-corrected chi connectivity index (χ4v) is 3.48. The van der Waals surface area contributed by atoms with E-state index in [2.05, 4.69) is 19.9 Å². The minimum absolute atomic E-state index is 0.00780. The van der Waals surface area contributed by atoms with Gasteiger partial charge in [-0.15, -0.1) is 0 Å². The first-order chi connectivity index (χ1) is 13.0. The van der Waals surface area contributed by atoms with Gasteiger partial charge in [0.05, 0.1) is 11.6 Å². The quantitative estimate of drug-likeness (QED) is 0.682. The Balaban J connectivity index is 1.64. The number of alkyl halides is 3. The standard InChI is InChI=1S/C19H18F3N5/c20-19(21,22)15-6-4-14(5-7-15)16-3-1-2-9-27(16)18-11-17(24-12-25-18)26-10-8-23-13-26/h4-8,10-13,16H,1-3,9H2/t16-/m1/s1. The number of halogens is 3. The molecule has 0 bridgehead atoms. The maximum Gasteiger partial charge on any atom is 0.416 e. The summed E-state index contributed by atoms with van der Waals surface area (Å²) in [5.41, 5.74) is 0.239. The van der Waals surface area contributed by atoms with E-state index in [1.807, 2.05) is 6.07 Å². The zero-order valence-electron chi connectivity index (χ0n) is 14.5. The molecule has 0 N–H and O–H groups in total. The van der Waals surface area contributed by atoms with Gasteiger partial charge in [-0.1, -0.05) is 12.1 Å². The molecule has 1 fully saturated rings. The van der Waals surface area contributed by atoms with Gasteiger partial charge in [0.25, 0.3) is 0 Å². The average Bonchev–Trinajstić information content (AvgIpc) is 3.22. The number of benzene rings is 1. The summed E-state index contributed by atoms with van der Waals surface area (Å²) in [6, 6.07) is 7.32. The van der Waals surface area contributed by atoms with E-state index in [9.17, 15) is 13.2 Å². The third-order valence-corrected chi connectivity index (χ3v) is 4.83. The third-order valence-electron chi connectivity index (χ3n) is 4.83. The predicted molar refractivity (Wildman–Crippen MR) is 94.5 cm³/mol. The van der Waals surface area contributed by atoms with Crippen molar-refractivity contribution in [2.24, 2.45) is 0 Å². The number of imidazole rings is 1. The Morgan fingerprint density at radius 1 is 1.00 bits per heavy atom. The van der Waals surface area contributed by atoms with Crippen molar-refractivity contribution < 1.29 is 13.2 Å². The van der Waals surface area contributed by atoms with Crippen molar-refractivity contribution in [2.75, 3.05) is 11.4 Å². The van der Waals surface area contributed by atoms with E-state index in [4.69, 9.17) is 0 Å². The van der Waals surface area contributed by atoms with Crippen molar-refractivity contribution in [3.63, 3.8) is 0 Å². The fourth-order valence-electron chi connectivity index (χ4n) is 3.48. The highest BCUT2D eigenvalue weighted by Crippen LogP contribution is 2.36. The van der Waals surface area contributed by atoms with E-state index in [0.29, 0.717) is 5.82 Å². The molecule has 8 heteroatoms. The molecule has 1 aliphatic heterocycles. The Bertz CT molecular complexity index is 890. The van der Waals surface area contributed by atoms with Crippen LogP contribution in [0.3, 0.4) is 0 Å². The van der Waals surface area contributed by atoms with Crippen LogP contribution in [0.5, 0.6) is 0 Å². The van der Waals surface area contributed by atoms with E-state index in [-0.39, 0.29) is 6.04 Å². The smallest absolute Gasteiger partial charge is 0.349 e.